The molecule has 9 nitrogen and oxygen atoms in total. The number of esters is 2. The van der Waals surface area contributed by atoms with Gasteiger partial charge in [0.05, 0.1) is 34.4 Å². The van der Waals surface area contributed by atoms with E-state index in [1.165, 1.54) is 77.0 Å². The van der Waals surface area contributed by atoms with Crippen molar-refractivity contribution in [2.45, 2.75) is 257 Å². The molecule has 0 saturated heterocycles. The second-order valence-electron chi connectivity index (χ2n) is 22.7. The quantitative estimate of drug-likeness (QED) is 0.0211. The number of likely N-dealkylation sites (N-methyl/N-ethyl adjacent to an activating group) is 1. The number of carboxylic acids is 1. The first kappa shape index (κ1) is 78.2. The van der Waals surface area contributed by atoms with Gasteiger partial charge < -0.3 is 28.5 Å². The summed E-state index contributed by atoms with van der Waals surface area (Å²) in [6.45, 7) is 4.62. The molecule has 0 aliphatic carbocycles. The number of hydrogen-bond acceptors (Lipinski definition) is 7. The Hall–Kier alpha value is -4.83. The van der Waals surface area contributed by atoms with Crippen molar-refractivity contribution in [1.29, 1.82) is 0 Å². The van der Waals surface area contributed by atoms with Crippen molar-refractivity contribution in [3.63, 3.8) is 0 Å². The standard InChI is InChI=1S/C74H121NO8/c1-6-8-10-12-14-16-18-20-22-24-26-28-29-30-31-32-33-34-35-36-37-38-39-40-41-42-43-45-47-49-51-53-55-57-59-61-63-65-72(77)83-70(69-82-74(73(78)79)80-67-66-75(3,4)5)68-81-71(76)64-62-60-58-56-54-52-50-48-46-44-27-25-23-21-19-17-15-13-11-9-7-2/h8-11,14-17,20-23,26-28,30-31,33-34,36-37,44,48,50,70,74H,6-7,12-13,18-19,24-25,29,32,35,38-43,45-47,49,51-69H2,1-5H3/p+1/b10-8-,11-9-,16-14-,17-15-,22-20-,23-21-,28-26-,31-30-,34-33-,37-36-,44-27-,50-48-. The molecule has 0 amide bonds. The molecule has 0 aromatic heterocycles. The smallest absolute Gasteiger partial charge is 0.361 e. The number of nitrogens with zero attached hydrogens (tertiary/aromatic N) is 1. The number of quaternary nitrogens is 1. The lowest BCUT2D eigenvalue weighted by Crippen LogP contribution is -2.40. The number of aliphatic carboxylic acids is 1. The molecule has 0 radical (unpaired) electrons. The fourth-order valence-electron chi connectivity index (χ4n) is 8.61. The first-order valence-electron chi connectivity index (χ1n) is 33.0. The summed E-state index contributed by atoms with van der Waals surface area (Å²) in [6, 6.07) is 0. The number of hydrogen-bond donors (Lipinski definition) is 1. The predicted octanol–water partition coefficient (Wildman–Crippen LogP) is 20.3. The molecule has 1 N–H and O–H groups in total. The molecule has 9 heteroatoms. The third-order valence-corrected chi connectivity index (χ3v) is 13.6. The summed E-state index contributed by atoms with van der Waals surface area (Å²) in [7, 11) is 5.96. The summed E-state index contributed by atoms with van der Waals surface area (Å²) in [5.41, 5.74) is 0. The molecule has 0 aliphatic heterocycles. The molecule has 0 rings (SSSR count). The number of allylic oxidation sites excluding steroid dienone is 24. The lowest BCUT2D eigenvalue weighted by Gasteiger charge is -2.25. The molecule has 0 fully saturated rings. The van der Waals surface area contributed by atoms with Crippen molar-refractivity contribution in [2.24, 2.45) is 0 Å². The number of carboxylic acid groups (broad SMARTS) is 1. The van der Waals surface area contributed by atoms with Crippen LogP contribution in [0, 0.1) is 0 Å². The normalized spacial score (nSPS) is 13.7. The van der Waals surface area contributed by atoms with E-state index in [-0.39, 0.29) is 38.6 Å². The van der Waals surface area contributed by atoms with E-state index in [1.807, 2.05) is 21.1 Å². The van der Waals surface area contributed by atoms with Gasteiger partial charge in [-0.3, -0.25) is 9.59 Å². The number of carbonyl (C=O) groups is 3. The van der Waals surface area contributed by atoms with Gasteiger partial charge in [0.25, 0.3) is 6.29 Å². The van der Waals surface area contributed by atoms with Gasteiger partial charge in [-0.1, -0.05) is 262 Å². The first-order chi connectivity index (χ1) is 40.6. The molecular weight excluding hydrogens is 1030 g/mol. The van der Waals surface area contributed by atoms with Gasteiger partial charge in [0.1, 0.15) is 13.2 Å². The molecule has 470 valence electrons. The molecule has 2 unspecified atom stereocenters. The van der Waals surface area contributed by atoms with Gasteiger partial charge >= 0.3 is 17.9 Å². The maximum Gasteiger partial charge on any atom is 0.361 e. The van der Waals surface area contributed by atoms with Crippen molar-refractivity contribution in [2.75, 3.05) is 47.5 Å². The zero-order valence-corrected chi connectivity index (χ0v) is 53.5. The number of unbranched alkanes of at least 4 members (excludes halogenated alkanes) is 20. The van der Waals surface area contributed by atoms with Crippen LogP contribution in [0.15, 0.2) is 146 Å². The summed E-state index contributed by atoms with van der Waals surface area (Å²) >= 11 is 0. The highest BCUT2D eigenvalue weighted by Gasteiger charge is 2.25. The van der Waals surface area contributed by atoms with Crippen molar-refractivity contribution < 1.29 is 42.9 Å². The molecule has 0 heterocycles. The molecule has 0 aromatic carbocycles. The number of carbonyl (C=O) groups excluding carboxylic acids is 2. The lowest BCUT2D eigenvalue weighted by atomic mass is 10.0. The minimum absolute atomic E-state index is 0.178. The van der Waals surface area contributed by atoms with E-state index < -0.39 is 24.3 Å². The van der Waals surface area contributed by atoms with Crippen LogP contribution in [0.1, 0.15) is 245 Å². The van der Waals surface area contributed by atoms with E-state index in [2.05, 4.69) is 160 Å². The van der Waals surface area contributed by atoms with Crippen molar-refractivity contribution in [3.05, 3.63) is 146 Å². The van der Waals surface area contributed by atoms with E-state index in [0.29, 0.717) is 17.4 Å². The summed E-state index contributed by atoms with van der Waals surface area (Å²) in [4.78, 5) is 37.5. The van der Waals surface area contributed by atoms with Crippen LogP contribution in [0.3, 0.4) is 0 Å². The fourth-order valence-corrected chi connectivity index (χ4v) is 8.61. The zero-order valence-electron chi connectivity index (χ0n) is 53.5. The van der Waals surface area contributed by atoms with Crippen LogP contribution in [-0.2, 0) is 33.3 Å². The summed E-state index contributed by atoms with van der Waals surface area (Å²) in [5.74, 6) is -2.04. The number of rotatable bonds is 59. The van der Waals surface area contributed by atoms with Gasteiger partial charge in [0.15, 0.2) is 6.10 Å². The Morgan fingerprint density at radius 2 is 0.651 bits per heavy atom. The Kier molecular flexibility index (Phi) is 59.5. The van der Waals surface area contributed by atoms with Gasteiger partial charge in [0.2, 0.25) is 0 Å². The Morgan fingerprint density at radius 1 is 0.361 bits per heavy atom. The summed E-state index contributed by atoms with van der Waals surface area (Å²) in [5, 5.41) is 9.73. The van der Waals surface area contributed by atoms with Gasteiger partial charge in [-0.05, 0) is 116 Å². The average Bonchev–Trinajstić information content (AvgIpc) is 3.46. The number of ether oxygens (including phenoxy) is 4. The molecule has 83 heavy (non-hydrogen) atoms. The minimum atomic E-state index is -1.52. The second kappa shape index (κ2) is 63.2. The molecule has 0 spiro atoms. The monoisotopic (exact) mass is 1150 g/mol. The van der Waals surface area contributed by atoms with Crippen molar-refractivity contribution in [3.8, 4) is 0 Å². The van der Waals surface area contributed by atoms with E-state index in [4.69, 9.17) is 18.9 Å². The summed E-state index contributed by atoms with van der Waals surface area (Å²) < 4.78 is 22.9. The lowest BCUT2D eigenvalue weighted by molar-refractivity contribution is -0.870. The van der Waals surface area contributed by atoms with E-state index in [1.54, 1.807) is 0 Å². The Morgan fingerprint density at radius 3 is 0.964 bits per heavy atom. The van der Waals surface area contributed by atoms with Crippen molar-refractivity contribution in [1.82, 2.24) is 0 Å². The van der Waals surface area contributed by atoms with Gasteiger partial charge in [-0.25, -0.2) is 4.79 Å². The second-order valence-corrected chi connectivity index (χ2v) is 22.7. The van der Waals surface area contributed by atoms with Crippen LogP contribution in [0.5, 0.6) is 0 Å². The Labute approximate surface area is 509 Å². The van der Waals surface area contributed by atoms with Crippen LogP contribution in [-0.4, -0.2) is 87.4 Å². The van der Waals surface area contributed by atoms with Crippen LogP contribution in [0.25, 0.3) is 0 Å². The average molecular weight is 1150 g/mol. The van der Waals surface area contributed by atoms with E-state index in [9.17, 15) is 19.5 Å². The molecule has 0 aromatic rings. The Balaban J connectivity index is 4.16. The SMILES string of the molecule is CC/C=C\C/C=C\C/C=C\C/C=C\C/C=C\C/C=C\C/C=C\CCCCCCCCCCCCCCCCCC(=O)OC(COC(=O)CCCCCCC/C=C\C/C=C\C/C=C\C/C=C\C/C=C\CC)COC(OCC[N+](C)(C)C)C(=O)O. The molecule has 0 saturated carbocycles. The highest BCUT2D eigenvalue weighted by atomic mass is 16.7. The fraction of sp³-hybridized carbons (Fsp3) is 0.635. The molecule has 0 aliphatic rings. The maximum atomic E-state index is 12.9. The van der Waals surface area contributed by atoms with E-state index >= 15 is 0 Å². The van der Waals surface area contributed by atoms with Gasteiger partial charge in [0, 0.05) is 12.8 Å². The van der Waals surface area contributed by atoms with Crippen LogP contribution in [0.2, 0.25) is 0 Å². The zero-order chi connectivity index (χ0) is 60.5. The summed E-state index contributed by atoms with van der Waals surface area (Å²) in [6.07, 6.45) is 89.4. The Bertz CT molecular complexity index is 1870. The largest absolute Gasteiger partial charge is 0.477 e. The maximum absolute atomic E-state index is 12.9. The molecule has 0 bridgehead atoms. The van der Waals surface area contributed by atoms with Crippen molar-refractivity contribution >= 4 is 17.9 Å². The van der Waals surface area contributed by atoms with Gasteiger partial charge in [-0.2, -0.15) is 0 Å². The van der Waals surface area contributed by atoms with Gasteiger partial charge in [-0.15, -0.1) is 0 Å². The molecule has 2 atom stereocenters. The topological polar surface area (TPSA) is 108 Å². The first-order valence-corrected chi connectivity index (χ1v) is 33.0. The molecular formula is C74H122NO8+. The minimum Gasteiger partial charge on any atom is -0.477 e. The predicted molar refractivity (Wildman–Crippen MR) is 354 cm³/mol. The van der Waals surface area contributed by atoms with Crippen LogP contribution in [0.4, 0.5) is 0 Å². The third-order valence-electron chi connectivity index (χ3n) is 13.6. The van der Waals surface area contributed by atoms with Crippen LogP contribution < -0.4 is 0 Å². The van der Waals surface area contributed by atoms with Crippen LogP contribution >= 0.6 is 0 Å². The third kappa shape index (κ3) is 64.6. The highest BCUT2D eigenvalue weighted by Crippen LogP contribution is 2.16. The van der Waals surface area contributed by atoms with E-state index in [0.717, 1.165) is 135 Å². The highest BCUT2D eigenvalue weighted by molar-refractivity contribution is 5.71.